The van der Waals surface area contributed by atoms with E-state index in [9.17, 15) is 9.59 Å². The molecule has 0 spiro atoms. The summed E-state index contributed by atoms with van der Waals surface area (Å²) in [6.45, 7) is 3.66. The number of thiophene rings is 1. The van der Waals surface area contributed by atoms with Crippen LogP contribution in [0, 0.1) is 0 Å². The Morgan fingerprint density at radius 3 is 2.50 bits per heavy atom. The van der Waals surface area contributed by atoms with Gasteiger partial charge in [0.25, 0.3) is 5.91 Å². The monoisotopic (exact) mass is 374 g/mol. The minimum absolute atomic E-state index is 0.136. The molecule has 26 heavy (non-hydrogen) atoms. The fraction of sp³-hybridized carbons (Fsp3) is 0.368. The highest BCUT2D eigenvalue weighted by atomic mass is 32.1. The van der Waals surface area contributed by atoms with Crippen molar-refractivity contribution in [3.63, 3.8) is 0 Å². The molecule has 7 heteroatoms. The SMILES string of the molecule is COC(=O)c1ccc(C(=O)NC[C@@H](c2cccs2)N2CCOCC2)cc1. The Morgan fingerprint density at radius 2 is 1.88 bits per heavy atom. The molecule has 0 bridgehead atoms. The molecular weight excluding hydrogens is 352 g/mol. The zero-order chi connectivity index (χ0) is 18.4. The van der Waals surface area contributed by atoms with Crippen molar-refractivity contribution in [2.45, 2.75) is 6.04 Å². The van der Waals surface area contributed by atoms with Crippen molar-refractivity contribution in [2.75, 3.05) is 40.0 Å². The van der Waals surface area contributed by atoms with E-state index in [1.54, 1.807) is 35.6 Å². The Kier molecular flexibility index (Phi) is 6.38. The van der Waals surface area contributed by atoms with Crippen LogP contribution in [0.5, 0.6) is 0 Å². The standard InChI is InChI=1S/C19H22N2O4S/c1-24-19(23)15-6-4-14(5-7-15)18(22)20-13-16(17-3-2-12-26-17)21-8-10-25-11-9-21/h2-7,12,16H,8-11,13H2,1H3,(H,20,22)/t16-/m0/s1. The number of nitrogens with one attached hydrogen (secondary N) is 1. The highest BCUT2D eigenvalue weighted by molar-refractivity contribution is 7.10. The van der Waals surface area contributed by atoms with Crippen molar-refractivity contribution < 1.29 is 19.1 Å². The van der Waals surface area contributed by atoms with Crippen LogP contribution in [-0.4, -0.2) is 56.7 Å². The van der Waals surface area contributed by atoms with Crippen LogP contribution in [0.25, 0.3) is 0 Å². The lowest BCUT2D eigenvalue weighted by Gasteiger charge is -2.34. The van der Waals surface area contributed by atoms with Crippen molar-refractivity contribution in [3.05, 3.63) is 57.8 Å². The van der Waals surface area contributed by atoms with Gasteiger partial charge in [-0.2, -0.15) is 0 Å². The number of rotatable bonds is 6. The zero-order valence-corrected chi connectivity index (χ0v) is 15.5. The lowest BCUT2D eigenvalue weighted by atomic mass is 10.1. The van der Waals surface area contributed by atoms with Gasteiger partial charge in [-0.15, -0.1) is 11.3 Å². The predicted molar refractivity (Wildman–Crippen MR) is 99.6 cm³/mol. The maximum atomic E-state index is 12.5. The first kappa shape index (κ1) is 18.6. The van der Waals surface area contributed by atoms with E-state index in [1.807, 2.05) is 6.07 Å². The molecule has 1 aromatic carbocycles. The molecule has 1 atom stereocenters. The lowest BCUT2D eigenvalue weighted by molar-refractivity contribution is 0.0169. The van der Waals surface area contributed by atoms with Crippen LogP contribution in [0.4, 0.5) is 0 Å². The number of carbonyl (C=O) groups excluding carboxylic acids is 2. The van der Waals surface area contributed by atoms with E-state index in [2.05, 4.69) is 26.4 Å². The molecule has 0 radical (unpaired) electrons. The summed E-state index contributed by atoms with van der Waals surface area (Å²) in [6.07, 6.45) is 0. The van der Waals surface area contributed by atoms with E-state index in [-0.39, 0.29) is 11.9 Å². The first-order chi connectivity index (χ1) is 12.7. The van der Waals surface area contributed by atoms with Gasteiger partial charge in [0, 0.05) is 30.1 Å². The first-order valence-corrected chi connectivity index (χ1v) is 9.39. The number of morpholine rings is 1. The maximum absolute atomic E-state index is 12.5. The average Bonchev–Trinajstić information content (AvgIpc) is 3.23. The summed E-state index contributed by atoms with van der Waals surface area (Å²) < 4.78 is 10.1. The summed E-state index contributed by atoms with van der Waals surface area (Å²) >= 11 is 1.69. The Labute approximate surface area is 156 Å². The largest absolute Gasteiger partial charge is 0.465 e. The summed E-state index contributed by atoms with van der Waals surface area (Å²) in [5, 5.41) is 5.07. The fourth-order valence-electron chi connectivity index (χ4n) is 2.95. The van der Waals surface area contributed by atoms with Crippen LogP contribution in [0.3, 0.4) is 0 Å². The molecule has 1 fully saturated rings. The van der Waals surface area contributed by atoms with Crippen molar-refractivity contribution in [1.29, 1.82) is 0 Å². The van der Waals surface area contributed by atoms with E-state index >= 15 is 0 Å². The predicted octanol–water partition coefficient (Wildman–Crippen LogP) is 2.34. The van der Waals surface area contributed by atoms with Gasteiger partial charge >= 0.3 is 5.97 Å². The second-order valence-corrected chi connectivity index (χ2v) is 6.94. The van der Waals surface area contributed by atoms with E-state index in [1.165, 1.54) is 12.0 Å². The topological polar surface area (TPSA) is 67.9 Å². The molecule has 138 valence electrons. The highest BCUT2D eigenvalue weighted by Crippen LogP contribution is 2.25. The number of benzene rings is 1. The van der Waals surface area contributed by atoms with Crippen LogP contribution in [-0.2, 0) is 9.47 Å². The summed E-state index contributed by atoms with van der Waals surface area (Å²) in [6, 6.07) is 10.7. The summed E-state index contributed by atoms with van der Waals surface area (Å²) in [4.78, 5) is 27.5. The number of ether oxygens (including phenoxy) is 2. The van der Waals surface area contributed by atoms with Gasteiger partial charge in [-0.25, -0.2) is 4.79 Å². The van der Waals surface area contributed by atoms with E-state index < -0.39 is 5.97 Å². The summed E-state index contributed by atoms with van der Waals surface area (Å²) in [7, 11) is 1.33. The fourth-order valence-corrected chi connectivity index (χ4v) is 3.81. The third kappa shape index (κ3) is 4.49. The molecule has 1 saturated heterocycles. The van der Waals surface area contributed by atoms with Gasteiger partial charge in [0.2, 0.25) is 0 Å². The van der Waals surface area contributed by atoms with E-state index in [4.69, 9.17) is 4.74 Å². The van der Waals surface area contributed by atoms with Gasteiger partial charge in [-0.3, -0.25) is 9.69 Å². The van der Waals surface area contributed by atoms with Gasteiger partial charge < -0.3 is 14.8 Å². The van der Waals surface area contributed by atoms with Crippen LogP contribution in [0.15, 0.2) is 41.8 Å². The average molecular weight is 374 g/mol. The number of nitrogens with zero attached hydrogens (tertiary/aromatic N) is 1. The second-order valence-electron chi connectivity index (χ2n) is 5.96. The van der Waals surface area contributed by atoms with Crippen molar-refractivity contribution >= 4 is 23.2 Å². The molecule has 0 saturated carbocycles. The number of carbonyl (C=O) groups is 2. The normalized spacial score (nSPS) is 16.0. The summed E-state index contributed by atoms with van der Waals surface area (Å²) in [5.74, 6) is -0.571. The van der Waals surface area contributed by atoms with Crippen LogP contribution in [0.2, 0.25) is 0 Å². The Morgan fingerprint density at radius 1 is 1.19 bits per heavy atom. The molecule has 0 aliphatic carbocycles. The number of amides is 1. The Balaban J connectivity index is 1.64. The number of hydrogen-bond donors (Lipinski definition) is 1. The third-order valence-corrected chi connectivity index (χ3v) is 5.36. The zero-order valence-electron chi connectivity index (χ0n) is 14.6. The molecule has 1 aliphatic heterocycles. The molecule has 6 nitrogen and oxygen atoms in total. The number of methoxy groups -OCH3 is 1. The first-order valence-electron chi connectivity index (χ1n) is 8.51. The Hall–Kier alpha value is -2.22. The van der Waals surface area contributed by atoms with Gasteiger partial charge in [0.05, 0.1) is 31.9 Å². The van der Waals surface area contributed by atoms with E-state index in [0.717, 1.165) is 13.1 Å². The molecular formula is C19H22N2O4S. The molecule has 2 aromatic rings. The molecule has 1 aromatic heterocycles. The quantitative estimate of drug-likeness (QED) is 0.786. The van der Waals surface area contributed by atoms with Gasteiger partial charge in [0.1, 0.15) is 0 Å². The minimum Gasteiger partial charge on any atom is -0.465 e. The minimum atomic E-state index is -0.415. The van der Waals surface area contributed by atoms with Gasteiger partial charge in [-0.05, 0) is 35.7 Å². The molecule has 1 amide bonds. The molecule has 0 unspecified atom stereocenters. The third-order valence-electron chi connectivity index (χ3n) is 4.38. The maximum Gasteiger partial charge on any atom is 0.337 e. The second kappa shape index (κ2) is 8.93. The van der Waals surface area contributed by atoms with Crippen molar-refractivity contribution in [1.82, 2.24) is 10.2 Å². The van der Waals surface area contributed by atoms with Crippen LogP contribution in [0.1, 0.15) is 31.6 Å². The molecule has 2 heterocycles. The van der Waals surface area contributed by atoms with Gasteiger partial charge in [-0.1, -0.05) is 6.07 Å². The molecule has 3 rings (SSSR count). The summed E-state index contributed by atoms with van der Waals surface area (Å²) in [5.41, 5.74) is 0.943. The highest BCUT2D eigenvalue weighted by Gasteiger charge is 2.24. The van der Waals surface area contributed by atoms with Gasteiger partial charge in [0.15, 0.2) is 0 Å². The number of hydrogen-bond acceptors (Lipinski definition) is 6. The number of esters is 1. The van der Waals surface area contributed by atoms with Crippen LogP contribution >= 0.6 is 11.3 Å². The molecule has 1 aliphatic rings. The van der Waals surface area contributed by atoms with Crippen molar-refractivity contribution in [2.24, 2.45) is 0 Å². The lowest BCUT2D eigenvalue weighted by Crippen LogP contribution is -2.43. The smallest absolute Gasteiger partial charge is 0.337 e. The van der Waals surface area contributed by atoms with E-state index in [0.29, 0.717) is 30.9 Å². The van der Waals surface area contributed by atoms with Crippen LogP contribution < -0.4 is 5.32 Å². The molecule has 1 N–H and O–H groups in total. The Bertz CT molecular complexity index is 725. The van der Waals surface area contributed by atoms with Crippen molar-refractivity contribution in [3.8, 4) is 0 Å².